The number of aliphatic imine (C=N–C) groups is 1. The average molecular weight is 281 g/mol. The molecular formula is C16H15N3O2. The molecule has 5 heteroatoms. The molecule has 1 aromatic carbocycles. The summed E-state index contributed by atoms with van der Waals surface area (Å²) in [4.78, 5) is 16.7. The molecule has 0 saturated heterocycles. The van der Waals surface area contributed by atoms with Crippen molar-refractivity contribution < 1.29 is 9.21 Å². The zero-order chi connectivity index (χ0) is 14.7. The van der Waals surface area contributed by atoms with E-state index in [1.807, 2.05) is 49.4 Å². The maximum atomic E-state index is 12.4. The van der Waals surface area contributed by atoms with E-state index in [4.69, 9.17) is 4.42 Å². The minimum Gasteiger partial charge on any atom is -0.467 e. The molecule has 1 aromatic heterocycles. The largest absolute Gasteiger partial charge is 0.467 e. The summed E-state index contributed by atoms with van der Waals surface area (Å²) in [5.74, 6) is 0.285. The SMILES string of the molecule is CC1=NN(c2ccccc2)C(=O)[C@H]1C=NCc1ccco1. The Labute approximate surface area is 122 Å². The molecule has 1 atom stereocenters. The Morgan fingerprint density at radius 2 is 2.10 bits per heavy atom. The van der Waals surface area contributed by atoms with Gasteiger partial charge in [-0.15, -0.1) is 0 Å². The van der Waals surface area contributed by atoms with Crippen LogP contribution in [0.4, 0.5) is 5.69 Å². The van der Waals surface area contributed by atoms with Gasteiger partial charge in [-0.25, -0.2) is 0 Å². The molecule has 5 nitrogen and oxygen atoms in total. The van der Waals surface area contributed by atoms with Crippen molar-refractivity contribution in [2.45, 2.75) is 13.5 Å². The van der Waals surface area contributed by atoms with Gasteiger partial charge >= 0.3 is 0 Å². The molecule has 0 N–H and O–H groups in total. The van der Waals surface area contributed by atoms with Gasteiger partial charge in [0.2, 0.25) is 0 Å². The van der Waals surface area contributed by atoms with Gasteiger partial charge in [-0.2, -0.15) is 10.1 Å². The number of carbonyl (C=O) groups is 1. The topological polar surface area (TPSA) is 58.2 Å². The van der Waals surface area contributed by atoms with Crippen LogP contribution < -0.4 is 5.01 Å². The molecule has 0 bridgehead atoms. The fraction of sp³-hybridized carbons (Fsp3) is 0.188. The molecular weight excluding hydrogens is 266 g/mol. The Hall–Kier alpha value is -2.69. The number of para-hydroxylation sites is 1. The van der Waals surface area contributed by atoms with Crippen LogP contribution in [0.2, 0.25) is 0 Å². The Morgan fingerprint density at radius 1 is 1.29 bits per heavy atom. The summed E-state index contributed by atoms with van der Waals surface area (Å²) in [5, 5.41) is 5.75. The maximum absolute atomic E-state index is 12.4. The van der Waals surface area contributed by atoms with E-state index < -0.39 is 5.92 Å². The Morgan fingerprint density at radius 3 is 2.81 bits per heavy atom. The average Bonchev–Trinajstić information content (AvgIpc) is 3.11. The second-order valence-corrected chi connectivity index (χ2v) is 4.77. The normalized spacial score (nSPS) is 18.5. The first-order valence-corrected chi connectivity index (χ1v) is 6.72. The van der Waals surface area contributed by atoms with Crippen molar-refractivity contribution in [3.63, 3.8) is 0 Å². The molecule has 0 aliphatic carbocycles. The lowest BCUT2D eigenvalue weighted by molar-refractivity contribution is -0.118. The Balaban J connectivity index is 1.72. The zero-order valence-corrected chi connectivity index (χ0v) is 11.6. The quantitative estimate of drug-likeness (QED) is 0.809. The van der Waals surface area contributed by atoms with Crippen LogP contribution in [0.15, 0.2) is 63.2 Å². The van der Waals surface area contributed by atoms with Gasteiger partial charge in [0.05, 0.1) is 24.2 Å². The predicted molar refractivity (Wildman–Crippen MR) is 81.4 cm³/mol. The third kappa shape index (κ3) is 2.76. The highest BCUT2D eigenvalue weighted by Gasteiger charge is 2.32. The highest BCUT2D eigenvalue weighted by atomic mass is 16.3. The number of rotatable bonds is 4. The summed E-state index contributed by atoms with van der Waals surface area (Å²) in [7, 11) is 0. The molecule has 0 fully saturated rings. The molecule has 21 heavy (non-hydrogen) atoms. The number of hydrogen-bond acceptors (Lipinski definition) is 4. The van der Waals surface area contributed by atoms with E-state index in [0.29, 0.717) is 6.54 Å². The lowest BCUT2D eigenvalue weighted by atomic mass is 10.1. The first-order chi connectivity index (χ1) is 10.3. The number of amides is 1. The maximum Gasteiger partial charge on any atom is 0.261 e. The zero-order valence-electron chi connectivity index (χ0n) is 11.6. The first kappa shape index (κ1) is 13.3. The lowest BCUT2D eigenvalue weighted by Crippen LogP contribution is -2.27. The third-order valence-corrected chi connectivity index (χ3v) is 3.27. The summed E-state index contributed by atoms with van der Waals surface area (Å²) in [6.07, 6.45) is 3.25. The monoisotopic (exact) mass is 281 g/mol. The Kier molecular flexibility index (Phi) is 3.64. The number of furan rings is 1. The van der Waals surface area contributed by atoms with Crippen LogP contribution in [0.25, 0.3) is 0 Å². The molecule has 2 heterocycles. The number of hydrazone groups is 1. The highest BCUT2D eigenvalue weighted by Crippen LogP contribution is 2.22. The molecule has 1 aliphatic rings. The first-order valence-electron chi connectivity index (χ1n) is 6.72. The van der Waals surface area contributed by atoms with Crippen LogP contribution in [0, 0.1) is 5.92 Å². The van der Waals surface area contributed by atoms with Crippen LogP contribution >= 0.6 is 0 Å². The van der Waals surface area contributed by atoms with E-state index in [-0.39, 0.29) is 5.91 Å². The fourth-order valence-electron chi connectivity index (χ4n) is 2.16. The van der Waals surface area contributed by atoms with Crippen molar-refractivity contribution in [2.24, 2.45) is 16.0 Å². The third-order valence-electron chi connectivity index (χ3n) is 3.27. The van der Waals surface area contributed by atoms with Gasteiger partial charge in [-0.3, -0.25) is 9.79 Å². The fourth-order valence-corrected chi connectivity index (χ4v) is 2.16. The summed E-state index contributed by atoms with van der Waals surface area (Å²) >= 11 is 0. The van der Waals surface area contributed by atoms with Crippen molar-refractivity contribution in [1.29, 1.82) is 0 Å². The second-order valence-electron chi connectivity index (χ2n) is 4.77. The molecule has 106 valence electrons. The van der Waals surface area contributed by atoms with Gasteiger partial charge in [0.1, 0.15) is 11.7 Å². The molecule has 3 rings (SSSR count). The van der Waals surface area contributed by atoms with E-state index in [9.17, 15) is 4.79 Å². The predicted octanol–water partition coefficient (Wildman–Crippen LogP) is 2.89. The summed E-state index contributed by atoms with van der Waals surface area (Å²) in [5.41, 5.74) is 1.51. The van der Waals surface area contributed by atoms with E-state index in [2.05, 4.69) is 10.1 Å². The van der Waals surface area contributed by atoms with E-state index in [1.165, 1.54) is 5.01 Å². The number of benzene rings is 1. The minimum atomic E-state index is -0.403. The molecule has 2 aromatic rings. The Bertz CT molecular complexity index is 675. The minimum absolute atomic E-state index is 0.0816. The van der Waals surface area contributed by atoms with Gasteiger partial charge in [0.25, 0.3) is 5.91 Å². The van der Waals surface area contributed by atoms with Crippen LogP contribution in [-0.2, 0) is 11.3 Å². The van der Waals surface area contributed by atoms with Crippen LogP contribution in [0.1, 0.15) is 12.7 Å². The summed E-state index contributed by atoms with van der Waals surface area (Å²) in [6, 6.07) is 13.1. The highest BCUT2D eigenvalue weighted by molar-refractivity contribution is 6.23. The molecule has 1 amide bonds. The van der Waals surface area contributed by atoms with Crippen LogP contribution in [0.5, 0.6) is 0 Å². The van der Waals surface area contributed by atoms with Gasteiger partial charge < -0.3 is 4.42 Å². The number of nitrogens with zero attached hydrogens (tertiary/aromatic N) is 3. The van der Waals surface area contributed by atoms with Gasteiger partial charge in [0, 0.05) is 6.21 Å². The summed E-state index contributed by atoms with van der Waals surface area (Å²) < 4.78 is 5.20. The molecule has 0 saturated carbocycles. The summed E-state index contributed by atoms with van der Waals surface area (Å²) in [6.45, 7) is 2.26. The van der Waals surface area contributed by atoms with Crippen LogP contribution in [-0.4, -0.2) is 17.8 Å². The van der Waals surface area contributed by atoms with Crippen molar-refractivity contribution in [3.05, 3.63) is 54.5 Å². The smallest absolute Gasteiger partial charge is 0.261 e. The van der Waals surface area contributed by atoms with E-state index in [0.717, 1.165) is 17.2 Å². The lowest BCUT2D eigenvalue weighted by Gasteiger charge is -2.12. The van der Waals surface area contributed by atoms with E-state index >= 15 is 0 Å². The number of carbonyl (C=O) groups excluding carboxylic acids is 1. The second kappa shape index (κ2) is 5.75. The molecule has 0 radical (unpaired) electrons. The van der Waals surface area contributed by atoms with Crippen molar-refractivity contribution >= 4 is 23.5 Å². The number of anilines is 1. The van der Waals surface area contributed by atoms with Gasteiger partial charge in [-0.1, -0.05) is 18.2 Å². The van der Waals surface area contributed by atoms with E-state index in [1.54, 1.807) is 12.5 Å². The number of hydrogen-bond donors (Lipinski definition) is 0. The van der Waals surface area contributed by atoms with Crippen LogP contribution in [0.3, 0.4) is 0 Å². The van der Waals surface area contributed by atoms with Crippen molar-refractivity contribution in [1.82, 2.24) is 0 Å². The van der Waals surface area contributed by atoms with Gasteiger partial charge in [0.15, 0.2) is 0 Å². The standard InChI is InChI=1S/C16H15N3O2/c1-12-15(11-17-10-14-8-5-9-21-14)16(20)19(18-12)13-6-3-2-4-7-13/h2-9,11,15H,10H2,1H3/t15-/m0/s1. The molecule has 1 aliphatic heterocycles. The molecule has 0 spiro atoms. The van der Waals surface area contributed by atoms with Crippen molar-refractivity contribution in [2.75, 3.05) is 5.01 Å². The van der Waals surface area contributed by atoms with Gasteiger partial charge in [-0.05, 0) is 31.2 Å². The molecule has 0 unspecified atom stereocenters. The van der Waals surface area contributed by atoms with Crippen molar-refractivity contribution in [3.8, 4) is 0 Å².